The van der Waals surface area contributed by atoms with Crippen molar-refractivity contribution in [1.82, 2.24) is 0 Å². The van der Waals surface area contributed by atoms with Crippen LogP contribution in [0.25, 0.3) is 0 Å². The van der Waals surface area contributed by atoms with Gasteiger partial charge in [0.2, 0.25) is 0 Å². The lowest BCUT2D eigenvalue weighted by Crippen LogP contribution is -2.03. The number of ether oxygens (including phenoxy) is 1. The Balaban J connectivity index is 0.000000293. The molecule has 0 saturated heterocycles. The number of hydrogen-bond acceptors (Lipinski definition) is 5. The molecule has 0 amide bonds. The number of carbonyl (C=O) groups excluding carboxylic acids is 2. The molecule has 0 aromatic heterocycles. The molecule has 0 saturated carbocycles. The quantitative estimate of drug-likeness (QED) is 0.504. The van der Waals surface area contributed by atoms with Crippen LogP contribution in [-0.2, 0) is 23.9 Å². The van der Waals surface area contributed by atoms with Crippen LogP contribution in [-0.4, -0.2) is 34.1 Å². The smallest absolute Gasteiger partial charge is 0.342 e. The van der Waals surface area contributed by atoms with Crippen LogP contribution in [0.2, 0.25) is 0 Å². The van der Waals surface area contributed by atoms with Gasteiger partial charge in [0.1, 0.15) is 6.42 Å². The Labute approximate surface area is 90.3 Å². The molecule has 0 bridgehead atoms. The average molecular weight is 230 g/mol. The normalized spacial score (nSPS) is 14.1. The molecule has 1 heterocycles. The predicted molar refractivity (Wildman–Crippen MR) is 49.4 cm³/mol. The van der Waals surface area contributed by atoms with E-state index in [4.69, 9.17) is 10.2 Å². The summed E-state index contributed by atoms with van der Waals surface area (Å²) in [5.74, 6) is -3.66. The summed E-state index contributed by atoms with van der Waals surface area (Å²) in [5.41, 5.74) is 0.833. The van der Waals surface area contributed by atoms with E-state index in [1.807, 2.05) is 0 Å². The van der Waals surface area contributed by atoms with Gasteiger partial charge in [0.15, 0.2) is 0 Å². The fraction of sp³-hybridized carbons (Fsp3) is 0.333. The Morgan fingerprint density at radius 2 is 1.31 bits per heavy atom. The van der Waals surface area contributed by atoms with Crippen molar-refractivity contribution in [3.05, 3.63) is 11.1 Å². The Kier molecular flexibility index (Phi) is 4.87. The van der Waals surface area contributed by atoms with Crippen molar-refractivity contribution in [2.75, 3.05) is 0 Å². The van der Waals surface area contributed by atoms with Crippen molar-refractivity contribution in [3.63, 3.8) is 0 Å². The highest BCUT2D eigenvalue weighted by atomic mass is 16.6. The van der Waals surface area contributed by atoms with Gasteiger partial charge in [0.05, 0.1) is 0 Å². The van der Waals surface area contributed by atoms with Gasteiger partial charge in [-0.25, -0.2) is 9.59 Å². The molecule has 0 spiro atoms. The first kappa shape index (κ1) is 13.8. The highest BCUT2D eigenvalue weighted by Gasteiger charge is 2.25. The molecule has 1 aliphatic rings. The van der Waals surface area contributed by atoms with Crippen LogP contribution in [0.4, 0.5) is 0 Å². The zero-order valence-corrected chi connectivity index (χ0v) is 8.64. The molecule has 0 fully saturated rings. The van der Waals surface area contributed by atoms with Crippen LogP contribution < -0.4 is 0 Å². The Hall–Kier alpha value is -2.18. The van der Waals surface area contributed by atoms with Crippen molar-refractivity contribution in [2.24, 2.45) is 0 Å². The van der Waals surface area contributed by atoms with Crippen LogP contribution in [0.1, 0.15) is 20.3 Å². The van der Waals surface area contributed by atoms with Crippen molar-refractivity contribution in [1.29, 1.82) is 0 Å². The van der Waals surface area contributed by atoms with Crippen LogP contribution >= 0.6 is 0 Å². The first-order chi connectivity index (χ1) is 7.25. The Morgan fingerprint density at radius 1 is 1.00 bits per heavy atom. The molecule has 88 valence electrons. The molecule has 0 aromatic rings. The number of hydrogen-bond donors (Lipinski definition) is 2. The Morgan fingerprint density at radius 3 is 1.38 bits per heavy atom. The van der Waals surface area contributed by atoms with Crippen LogP contribution in [0.5, 0.6) is 0 Å². The third-order valence-corrected chi connectivity index (χ3v) is 1.66. The monoisotopic (exact) mass is 230 g/mol. The third kappa shape index (κ3) is 4.36. The molecular formula is C9H10O7. The number of cyclic esters (lactones) is 2. The molecule has 1 aliphatic heterocycles. The van der Waals surface area contributed by atoms with Crippen LogP contribution in [0, 0.1) is 0 Å². The minimum Gasteiger partial charge on any atom is -0.481 e. The molecule has 0 unspecified atom stereocenters. The molecule has 0 aliphatic carbocycles. The number of carbonyl (C=O) groups is 4. The maximum atomic E-state index is 10.5. The summed E-state index contributed by atoms with van der Waals surface area (Å²) in [5, 5.41) is 15.4. The fourth-order valence-electron chi connectivity index (χ4n) is 0.673. The van der Waals surface area contributed by atoms with Gasteiger partial charge in [0.25, 0.3) is 0 Å². The van der Waals surface area contributed by atoms with E-state index in [1.54, 1.807) is 13.8 Å². The zero-order valence-electron chi connectivity index (χ0n) is 8.64. The van der Waals surface area contributed by atoms with Gasteiger partial charge in [-0.2, -0.15) is 0 Å². The lowest BCUT2D eigenvalue weighted by molar-refractivity contribution is -0.151. The van der Waals surface area contributed by atoms with Gasteiger partial charge >= 0.3 is 23.9 Å². The molecule has 2 N–H and O–H groups in total. The van der Waals surface area contributed by atoms with Gasteiger partial charge in [-0.05, 0) is 13.8 Å². The van der Waals surface area contributed by atoms with Gasteiger partial charge < -0.3 is 14.9 Å². The third-order valence-electron chi connectivity index (χ3n) is 1.66. The lowest BCUT2D eigenvalue weighted by atomic mass is 10.2. The summed E-state index contributed by atoms with van der Waals surface area (Å²) in [6.07, 6.45) is -0.806. The summed E-state index contributed by atoms with van der Waals surface area (Å²) in [7, 11) is 0. The summed E-state index contributed by atoms with van der Waals surface area (Å²) in [4.78, 5) is 39.8. The minimum atomic E-state index is -1.31. The molecule has 16 heavy (non-hydrogen) atoms. The number of carboxylic acids is 2. The molecule has 1 rings (SSSR count). The molecule has 7 heteroatoms. The number of rotatable bonds is 2. The average Bonchev–Trinajstić information content (AvgIpc) is 2.32. The summed E-state index contributed by atoms with van der Waals surface area (Å²) >= 11 is 0. The maximum Gasteiger partial charge on any atom is 0.342 e. The van der Waals surface area contributed by atoms with E-state index in [-0.39, 0.29) is 0 Å². The number of aliphatic carboxylic acids is 2. The largest absolute Gasteiger partial charge is 0.481 e. The highest BCUT2D eigenvalue weighted by molar-refractivity contribution is 6.11. The first-order valence-corrected chi connectivity index (χ1v) is 4.13. The van der Waals surface area contributed by atoms with Crippen LogP contribution in [0.15, 0.2) is 11.1 Å². The molecule has 7 nitrogen and oxygen atoms in total. The van der Waals surface area contributed by atoms with Gasteiger partial charge in [-0.15, -0.1) is 0 Å². The standard InChI is InChI=1S/C6H6O3.C3H4O4/c1-3-4(2)6(8)9-5(3)7;4-2(5)1-3(6)7/h1-2H3;1H2,(H,4,5)(H,6,7). The van der Waals surface area contributed by atoms with E-state index < -0.39 is 30.3 Å². The minimum absolute atomic E-state index is 0.417. The topological polar surface area (TPSA) is 118 Å². The molecular weight excluding hydrogens is 220 g/mol. The second-order valence-corrected chi connectivity index (χ2v) is 2.89. The maximum absolute atomic E-state index is 10.5. The second kappa shape index (κ2) is 5.64. The van der Waals surface area contributed by atoms with E-state index in [0.29, 0.717) is 11.1 Å². The molecule has 0 radical (unpaired) electrons. The highest BCUT2D eigenvalue weighted by Crippen LogP contribution is 2.14. The van der Waals surface area contributed by atoms with E-state index in [2.05, 4.69) is 4.74 Å². The van der Waals surface area contributed by atoms with E-state index >= 15 is 0 Å². The molecule has 0 atom stereocenters. The van der Waals surface area contributed by atoms with Crippen LogP contribution in [0.3, 0.4) is 0 Å². The SMILES string of the molecule is CC1=C(C)C(=O)OC1=O.O=C(O)CC(=O)O. The fourth-order valence-corrected chi connectivity index (χ4v) is 0.673. The summed E-state index contributed by atoms with van der Waals surface area (Å²) in [6, 6.07) is 0. The van der Waals surface area contributed by atoms with Gasteiger partial charge in [-0.1, -0.05) is 0 Å². The van der Waals surface area contributed by atoms with Crippen molar-refractivity contribution in [3.8, 4) is 0 Å². The van der Waals surface area contributed by atoms with E-state index in [0.717, 1.165) is 0 Å². The number of esters is 2. The zero-order chi connectivity index (χ0) is 12.9. The lowest BCUT2D eigenvalue weighted by Gasteiger charge is -1.84. The summed E-state index contributed by atoms with van der Waals surface area (Å²) in [6.45, 7) is 3.14. The second-order valence-electron chi connectivity index (χ2n) is 2.89. The number of carboxylic acid groups (broad SMARTS) is 2. The van der Waals surface area contributed by atoms with Crippen molar-refractivity contribution >= 4 is 23.9 Å². The van der Waals surface area contributed by atoms with E-state index in [9.17, 15) is 19.2 Å². The van der Waals surface area contributed by atoms with Crippen molar-refractivity contribution in [2.45, 2.75) is 20.3 Å². The van der Waals surface area contributed by atoms with Gasteiger partial charge in [0, 0.05) is 11.1 Å². The van der Waals surface area contributed by atoms with Gasteiger partial charge in [-0.3, -0.25) is 9.59 Å². The molecule has 0 aromatic carbocycles. The van der Waals surface area contributed by atoms with E-state index in [1.165, 1.54) is 0 Å². The van der Waals surface area contributed by atoms with Crippen molar-refractivity contribution < 1.29 is 34.1 Å². The Bertz CT molecular complexity index is 343. The summed E-state index contributed by atoms with van der Waals surface area (Å²) < 4.78 is 4.23. The predicted octanol–water partition coefficient (Wildman–Crippen LogP) is -0.0481. The first-order valence-electron chi connectivity index (χ1n) is 4.13.